The molecule has 0 radical (unpaired) electrons. The van der Waals surface area contributed by atoms with Crippen molar-refractivity contribution in [3.05, 3.63) is 0 Å². The molecular formula is C12H26N2O2S. The Morgan fingerprint density at radius 2 is 1.71 bits per heavy atom. The fourth-order valence-corrected chi connectivity index (χ4v) is 3.33. The fraction of sp³-hybridized carbons (Fsp3) is 1.00. The highest BCUT2D eigenvalue weighted by atomic mass is 32.2. The molecule has 1 saturated carbocycles. The molecule has 0 bridgehead atoms. The molecule has 0 amide bonds. The summed E-state index contributed by atoms with van der Waals surface area (Å²) in [6.45, 7) is 6.32. The van der Waals surface area contributed by atoms with Gasteiger partial charge in [0.15, 0.2) is 0 Å². The molecule has 0 aromatic carbocycles. The van der Waals surface area contributed by atoms with Gasteiger partial charge >= 0.3 is 0 Å². The van der Waals surface area contributed by atoms with Gasteiger partial charge in [0, 0.05) is 18.6 Å². The largest absolute Gasteiger partial charge is 0.313 e. The van der Waals surface area contributed by atoms with Crippen molar-refractivity contribution in [3.8, 4) is 0 Å². The number of hydrogen-bond donors (Lipinski definition) is 2. The predicted molar refractivity (Wildman–Crippen MR) is 71.5 cm³/mol. The molecule has 0 spiro atoms. The van der Waals surface area contributed by atoms with Crippen molar-refractivity contribution in [1.82, 2.24) is 10.0 Å². The summed E-state index contributed by atoms with van der Waals surface area (Å²) in [7, 11) is -3.17. The summed E-state index contributed by atoms with van der Waals surface area (Å²) >= 11 is 0. The van der Waals surface area contributed by atoms with E-state index in [0.29, 0.717) is 12.6 Å². The van der Waals surface area contributed by atoms with Gasteiger partial charge in [0.2, 0.25) is 10.0 Å². The van der Waals surface area contributed by atoms with Crippen molar-refractivity contribution < 1.29 is 8.42 Å². The average molecular weight is 262 g/mol. The molecule has 1 aliphatic rings. The third-order valence-corrected chi connectivity index (χ3v) is 5.17. The van der Waals surface area contributed by atoms with Crippen LogP contribution in [0.4, 0.5) is 0 Å². The van der Waals surface area contributed by atoms with Crippen LogP contribution in [0.3, 0.4) is 0 Å². The van der Waals surface area contributed by atoms with Crippen molar-refractivity contribution >= 4 is 10.0 Å². The van der Waals surface area contributed by atoms with Crippen LogP contribution in [-0.4, -0.2) is 32.3 Å². The molecule has 1 fully saturated rings. The molecule has 1 rings (SSSR count). The van der Waals surface area contributed by atoms with Gasteiger partial charge in [0.25, 0.3) is 0 Å². The van der Waals surface area contributed by atoms with Gasteiger partial charge in [-0.15, -0.1) is 0 Å². The molecule has 0 saturated heterocycles. The van der Waals surface area contributed by atoms with Gasteiger partial charge in [-0.3, -0.25) is 0 Å². The van der Waals surface area contributed by atoms with Crippen molar-refractivity contribution in [2.24, 2.45) is 0 Å². The highest BCUT2D eigenvalue weighted by Gasteiger charge is 2.25. The Balaban J connectivity index is 2.43. The Hall–Kier alpha value is -0.130. The quantitative estimate of drug-likeness (QED) is 0.765. The second-order valence-electron chi connectivity index (χ2n) is 5.37. The average Bonchev–Trinajstić information content (AvgIpc) is 2.26. The Morgan fingerprint density at radius 1 is 1.12 bits per heavy atom. The zero-order valence-corrected chi connectivity index (χ0v) is 12.0. The summed E-state index contributed by atoms with van der Waals surface area (Å²) in [6, 6.07) is 0.484. The standard InChI is InChI=1S/C12H26N2O2S/c1-10(2)13-9-11(3)17(15,16)14-12-7-5-4-6-8-12/h10-14H,4-9H2,1-3H3. The topological polar surface area (TPSA) is 58.2 Å². The van der Waals surface area contributed by atoms with Crippen molar-refractivity contribution in [3.63, 3.8) is 0 Å². The maximum absolute atomic E-state index is 12.1. The van der Waals surface area contributed by atoms with Gasteiger partial charge in [-0.25, -0.2) is 13.1 Å². The normalized spacial score (nSPS) is 20.7. The SMILES string of the molecule is CC(C)NCC(C)S(=O)(=O)NC1CCCCC1. The van der Waals surface area contributed by atoms with E-state index >= 15 is 0 Å². The van der Waals surface area contributed by atoms with E-state index in [2.05, 4.69) is 10.0 Å². The van der Waals surface area contributed by atoms with Crippen LogP contribution in [0.2, 0.25) is 0 Å². The second-order valence-corrected chi connectivity index (χ2v) is 7.50. The van der Waals surface area contributed by atoms with Gasteiger partial charge in [0.05, 0.1) is 5.25 Å². The van der Waals surface area contributed by atoms with Gasteiger partial charge in [-0.05, 0) is 19.8 Å². The van der Waals surface area contributed by atoms with Gasteiger partial charge in [0.1, 0.15) is 0 Å². The van der Waals surface area contributed by atoms with Crippen molar-refractivity contribution in [2.45, 2.75) is 70.2 Å². The van der Waals surface area contributed by atoms with Gasteiger partial charge in [-0.2, -0.15) is 0 Å². The zero-order valence-electron chi connectivity index (χ0n) is 11.2. The van der Waals surface area contributed by atoms with E-state index in [1.165, 1.54) is 6.42 Å². The number of sulfonamides is 1. The molecule has 1 atom stereocenters. The minimum Gasteiger partial charge on any atom is -0.313 e. The maximum Gasteiger partial charge on any atom is 0.215 e. The van der Waals surface area contributed by atoms with E-state index in [4.69, 9.17) is 0 Å². The summed E-state index contributed by atoms with van der Waals surface area (Å²) < 4.78 is 27.0. The van der Waals surface area contributed by atoms with Crippen LogP contribution < -0.4 is 10.0 Å². The summed E-state index contributed by atoms with van der Waals surface area (Å²) in [6.07, 6.45) is 5.51. The highest BCUT2D eigenvalue weighted by Crippen LogP contribution is 2.18. The minimum absolute atomic E-state index is 0.162. The maximum atomic E-state index is 12.1. The first-order valence-electron chi connectivity index (χ1n) is 6.66. The molecule has 5 heteroatoms. The molecule has 1 aliphatic carbocycles. The fourth-order valence-electron chi connectivity index (χ4n) is 2.08. The molecule has 2 N–H and O–H groups in total. The van der Waals surface area contributed by atoms with E-state index in [0.717, 1.165) is 25.7 Å². The first-order chi connectivity index (χ1) is 7.92. The Kier molecular flexibility index (Phi) is 5.89. The Morgan fingerprint density at radius 3 is 2.24 bits per heavy atom. The molecule has 102 valence electrons. The second kappa shape index (κ2) is 6.71. The summed E-state index contributed by atoms with van der Waals surface area (Å²) in [5.74, 6) is 0. The Bertz CT molecular complexity index is 308. The van der Waals surface area contributed by atoms with Crippen LogP contribution in [0.5, 0.6) is 0 Å². The van der Waals surface area contributed by atoms with Crippen LogP contribution in [-0.2, 0) is 10.0 Å². The van der Waals surface area contributed by atoms with Crippen LogP contribution in [0, 0.1) is 0 Å². The first kappa shape index (κ1) is 14.9. The van der Waals surface area contributed by atoms with Crippen LogP contribution in [0.15, 0.2) is 0 Å². The minimum atomic E-state index is -3.17. The lowest BCUT2D eigenvalue weighted by molar-refractivity contribution is 0.409. The molecule has 0 aliphatic heterocycles. The van der Waals surface area contributed by atoms with Crippen molar-refractivity contribution in [2.75, 3.05) is 6.54 Å². The van der Waals surface area contributed by atoms with E-state index < -0.39 is 10.0 Å². The van der Waals surface area contributed by atoms with Gasteiger partial charge in [-0.1, -0.05) is 33.1 Å². The molecule has 17 heavy (non-hydrogen) atoms. The molecule has 0 aromatic rings. The Labute approximate surface area is 106 Å². The predicted octanol–water partition coefficient (Wildman–Crippen LogP) is 1.62. The number of hydrogen-bond acceptors (Lipinski definition) is 3. The smallest absolute Gasteiger partial charge is 0.215 e. The van der Waals surface area contributed by atoms with Crippen molar-refractivity contribution in [1.29, 1.82) is 0 Å². The molecular weight excluding hydrogens is 236 g/mol. The summed E-state index contributed by atoms with van der Waals surface area (Å²) in [4.78, 5) is 0. The first-order valence-corrected chi connectivity index (χ1v) is 8.21. The van der Waals surface area contributed by atoms with E-state index in [-0.39, 0.29) is 11.3 Å². The van der Waals surface area contributed by atoms with Crippen LogP contribution in [0.25, 0.3) is 0 Å². The van der Waals surface area contributed by atoms with Crippen LogP contribution in [0.1, 0.15) is 52.9 Å². The number of nitrogens with one attached hydrogen (secondary N) is 2. The lowest BCUT2D eigenvalue weighted by atomic mass is 9.96. The van der Waals surface area contributed by atoms with E-state index in [1.54, 1.807) is 6.92 Å². The molecule has 0 heterocycles. The number of rotatable bonds is 6. The van der Waals surface area contributed by atoms with Gasteiger partial charge < -0.3 is 5.32 Å². The monoisotopic (exact) mass is 262 g/mol. The lowest BCUT2D eigenvalue weighted by Gasteiger charge is -2.25. The highest BCUT2D eigenvalue weighted by molar-refractivity contribution is 7.90. The molecule has 0 aromatic heterocycles. The third-order valence-electron chi connectivity index (χ3n) is 3.28. The lowest BCUT2D eigenvalue weighted by Crippen LogP contribution is -2.45. The van der Waals surface area contributed by atoms with Crippen LogP contribution >= 0.6 is 0 Å². The zero-order chi connectivity index (χ0) is 12.9. The summed E-state index contributed by atoms with van der Waals surface area (Å²) in [5.41, 5.74) is 0. The summed E-state index contributed by atoms with van der Waals surface area (Å²) in [5, 5.41) is 2.80. The molecule has 1 unspecified atom stereocenters. The third kappa shape index (κ3) is 5.36. The van der Waals surface area contributed by atoms with E-state index in [1.807, 2.05) is 13.8 Å². The molecule has 4 nitrogen and oxygen atoms in total. The van der Waals surface area contributed by atoms with E-state index in [9.17, 15) is 8.42 Å².